The van der Waals surface area contributed by atoms with E-state index < -0.39 is 5.97 Å². The van der Waals surface area contributed by atoms with Crippen LogP contribution >= 0.6 is 0 Å². The summed E-state index contributed by atoms with van der Waals surface area (Å²) in [5.41, 5.74) is 0. The van der Waals surface area contributed by atoms with Crippen molar-refractivity contribution in [2.75, 3.05) is 31.1 Å². The van der Waals surface area contributed by atoms with Crippen molar-refractivity contribution in [3.63, 3.8) is 0 Å². The predicted octanol–water partition coefficient (Wildman–Crippen LogP) is 0.367. The summed E-state index contributed by atoms with van der Waals surface area (Å²) in [7, 11) is 0. The molecule has 2 rings (SSSR count). The van der Waals surface area contributed by atoms with E-state index in [1.807, 2.05) is 0 Å². The van der Waals surface area contributed by atoms with Crippen LogP contribution in [0.4, 0.5) is 5.82 Å². The maximum absolute atomic E-state index is 10.4. The summed E-state index contributed by atoms with van der Waals surface area (Å²) in [5, 5.41) is 11.5. The van der Waals surface area contributed by atoms with Gasteiger partial charge >= 0.3 is 5.97 Å². The second-order valence-corrected chi connectivity index (χ2v) is 4.54. The molecule has 2 heterocycles. The van der Waals surface area contributed by atoms with Crippen molar-refractivity contribution in [3.05, 3.63) is 18.6 Å². The zero-order chi connectivity index (χ0) is 12.8. The van der Waals surface area contributed by atoms with Crippen LogP contribution < -0.4 is 10.2 Å². The van der Waals surface area contributed by atoms with Crippen LogP contribution in [-0.2, 0) is 4.79 Å². The van der Waals surface area contributed by atoms with Crippen molar-refractivity contribution in [2.45, 2.75) is 12.8 Å². The molecular weight excluding hydrogens is 232 g/mol. The van der Waals surface area contributed by atoms with Gasteiger partial charge in [0.2, 0.25) is 0 Å². The van der Waals surface area contributed by atoms with Crippen LogP contribution in [0.2, 0.25) is 0 Å². The molecule has 1 saturated heterocycles. The van der Waals surface area contributed by atoms with E-state index in [1.54, 1.807) is 18.6 Å². The fourth-order valence-electron chi connectivity index (χ4n) is 2.28. The van der Waals surface area contributed by atoms with E-state index in [2.05, 4.69) is 20.2 Å². The average Bonchev–Trinajstić information content (AvgIpc) is 2.40. The van der Waals surface area contributed by atoms with E-state index in [1.165, 1.54) is 0 Å². The van der Waals surface area contributed by atoms with Crippen LogP contribution in [0, 0.1) is 5.92 Å². The molecule has 0 saturated carbocycles. The predicted molar refractivity (Wildman–Crippen MR) is 67.5 cm³/mol. The molecule has 18 heavy (non-hydrogen) atoms. The van der Waals surface area contributed by atoms with E-state index in [9.17, 15) is 4.79 Å². The molecule has 0 radical (unpaired) electrons. The highest BCUT2D eigenvalue weighted by molar-refractivity contribution is 5.68. The molecule has 0 spiro atoms. The molecule has 1 aliphatic heterocycles. The highest BCUT2D eigenvalue weighted by Crippen LogP contribution is 2.20. The second-order valence-electron chi connectivity index (χ2n) is 4.54. The monoisotopic (exact) mass is 250 g/mol. The summed E-state index contributed by atoms with van der Waals surface area (Å²) in [5.74, 6) is 0.567. The lowest BCUT2D eigenvalue weighted by molar-refractivity contribution is -0.136. The van der Waals surface area contributed by atoms with Crippen LogP contribution in [0.15, 0.2) is 18.6 Å². The van der Waals surface area contributed by atoms with Gasteiger partial charge in [0.1, 0.15) is 5.82 Å². The Morgan fingerprint density at radius 1 is 1.56 bits per heavy atom. The fraction of sp³-hybridized carbons (Fsp3) is 0.583. The first-order valence-electron chi connectivity index (χ1n) is 6.19. The highest BCUT2D eigenvalue weighted by Gasteiger charge is 2.20. The number of nitrogens with zero attached hydrogens (tertiary/aromatic N) is 3. The van der Waals surface area contributed by atoms with Gasteiger partial charge in [-0.2, -0.15) is 0 Å². The van der Waals surface area contributed by atoms with Crippen molar-refractivity contribution < 1.29 is 9.90 Å². The third-order valence-corrected chi connectivity index (χ3v) is 3.10. The molecule has 0 aromatic carbocycles. The van der Waals surface area contributed by atoms with Gasteiger partial charge in [-0.15, -0.1) is 0 Å². The maximum Gasteiger partial charge on any atom is 0.317 e. The zero-order valence-electron chi connectivity index (χ0n) is 10.2. The normalized spacial score (nSPS) is 19.8. The summed E-state index contributed by atoms with van der Waals surface area (Å²) in [6.07, 6.45) is 7.37. The molecule has 1 aromatic heterocycles. The van der Waals surface area contributed by atoms with E-state index >= 15 is 0 Å². The second kappa shape index (κ2) is 6.30. The SMILES string of the molecule is O=C(O)CNCC1CCCN(c2cnccn2)C1. The third kappa shape index (κ3) is 3.66. The Morgan fingerprint density at radius 2 is 2.44 bits per heavy atom. The molecule has 0 aliphatic carbocycles. The number of hydrogen-bond acceptors (Lipinski definition) is 5. The van der Waals surface area contributed by atoms with Gasteiger partial charge in [0.05, 0.1) is 12.7 Å². The Kier molecular flexibility index (Phi) is 4.46. The van der Waals surface area contributed by atoms with E-state index in [0.717, 1.165) is 38.3 Å². The van der Waals surface area contributed by atoms with Gasteiger partial charge in [0.25, 0.3) is 0 Å². The maximum atomic E-state index is 10.4. The molecule has 1 aromatic rings. The minimum atomic E-state index is -0.809. The number of hydrogen-bond donors (Lipinski definition) is 2. The Hall–Kier alpha value is -1.69. The number of carboxylic acids is 1. The topological polar surface area (TPSA) is 78.4 Å². The number of carbonyl (C=O) groups is 1. The molecule has 1 atom stereocenters. The number of anilines is 1. The van der Waals surface area contributed by atoms with Crippen molar-refractivity contribution in [1.82, 2.24) is 15.3 Å². The lowest BCUT2D eigenvalue weighted by atomic mass is 9.98. The lowest BCUT2D eigenvalue weighted by Crippen LogP contribution is -2.41. The summed E-state index contributed by atoms with van der Waals surface area (Å²) in [4.78, 5) is 21.0. The summed E-state index contributed by atoms with van der Waals surface area (Å²) >= 11 is 0. The van der Waals surface area contributed by atoms with Gasteiger partial charge in [-0.25, -0.2) is 4.98 Å². The van der Waals surface area contributed by atoms with Crippen LogP contribution in [0.3, 0.4) is 0 Å². The first-order valence-corrected chi connectivity index (χ1v) is 6.19. The fourth-order valence-corrected chi connectivity index (χ4v) is 2.28. The van der Waals surface area contributed by atoms with Gasteiger partial charge in [-0.05, 0) is 18.8 Å². The number of piperidine rings is 1. The minimum absolute atomic E-state index is 0.0294. The molecule has 0 bridgehead atoms. The summed E-state index contributed by atoms with van der Waals surface area (Å²) < 4.78 is 0. The van der Waals surface area contributed by atoms with Crippen LogP contribution in [0.5, 0.6) is 0 Å². The molecule has 0 amide bonds. The van der Waals surface area contributed by atoms with E-state index in [4.69, 9.17) is 5.11 Å². The largest absolute Gasteiger partial charge is 0.480 e. The van der Waals surface area contributed by atoms with Gasteiger partial charge in [0.15, 0.2) is 0 Å². The number of aliphatic carboxylic acids is 1. The lowest BCUT2D eigenvalue weighted by Gasteiger charge is -2.33. The van der Waals surface area contributed by atoms with E-state index in [0.29, 0.717) is 5.92 Å². The van der Waals surface area contributed by atoms with Crippen molar-refractivity contribution in [1.29, 1.82) is 0 Å². The van der Waals surface area contributed by atoms with Gasteiger partial charge in [-0.3, -0.25) is 9.78 Å². The van der Waals surface area contributed by atoms with Crippen molar-refractivity contribution in [2.24, 2.45) is 5.92 Å². The number of carboxylic acid groups (broad SMARTS) is 1. The molecule has 6 nitrogen and oxygen atoms in total. The van der Waals surface area contributed by atoms with Crippen molar-refractivity contribution in [3.8, 4) is 0 Å². The number of aromatic nitrogens is 2. The first kappa shape index (κ1) is 12.8. The standard InChI is InChI=1S/C12H18N4O2/c17-12(18)8-14-6-10-2-1-5-16(9-10)11-7-13-3-4-15-11/h3-4,7,10,14H,1-2,5-6,8-9H2,(H,17,18). The number of rotatable bonds is 5. The Balaban J connectivity index is 1.83. The average molecular weight is 250 g/mol. The van der Waals surface area contributed by atoms with Crippen LogP contribution in [0.25, 0.3) is 0 Å². The van der Waals surface area contributed by atoms with Crippen LogP contribution in [-0.4, -0.2) is 47.2 Å². The molecule has 1 fully saturated rings. The van der Waals surface area contributed by atoms with Gasteiger partial charge in [0, 0.05) is 32.0 Å². The Morgan fingerprint density at radius 3 is 3.17 bits per heavy atom. The summed E-state index contributed by atoms with van der Waals surface area (Å²) in [6, 6.07) is 0. The molecule has 1 unspecified atom stereocenters. The van der Waals surface area contributed by atoms with E-state index in [-0.39, 0.29) is 6.54 Å². The Labute approximate surface area is 106 Å². The van der Waals surface area contributed by atoms with Gasteiger partial charge in [-0.1, -0.05) is 0 Å². The number of nitrogens with one attached hydrogen (secondary N) is 1. The Bertz CT molecular complexity index is 385. The van der Waals surface area contributed by atoms with Crippen molar-refractivity contribution >= 4 is 11.8 Å². The quantitative estimate of drug-likeness (QED) is 0.786. The first-order chi connectivity index (χ1) is 8.75. The highest BCUT2D eigenvalue weighted by atomic mass is 16.4. The molecule has 6 heteroatoms. The molecule has 98 valence electrons. The third-order valence-electron chi connectivity index (χ3n) is 3.10. The van der Waals surface area contributed by atoms with Gasteiger partial charge < -0.3 is 15.3 Å². The molecule has 1 aliphatic rings. The minimum Gasteiger partial charge on any atom is -0.480 e. The molecular formula is C12H18N4O2. The molecule has 2 N–H and O–H groups in total. The summed E-state index contributed by atoms with van der Waals surface area (Å²) in [6.45, 7) is 2.67. The zero-order valence-corrected chi connectivity index (χ0v) is 10.2. The van der Waals surface area contributed by atoms with Crippen LogP contribution in [0.1, 0.15) is 12.8 Å². The smallest absolute Gasteiger partial charge is 0.317 e.